The van der Waals surface area contributed by atoms with Gasteiger partial charge in [0.15, 0.2) is 0 Å². The van der Waals surface area contributed by atoms with E-state index in [1.165, 1.54) is 0 Å². The molecule has 0 fully saturated rings. The van der Waals surface area contributed by atoms with E-state index >= 15 is 0 Å². The lowest BCUT2D eigenvalue weighted by Crippen LogP contribution is -2.34. The monoisotopic (exact) mass is 247 g/mol. The van der Waals surface area contributed by atoms with E-state index in [-0.39, 0.29) is 6.07 Å². The molecule has 0 heterocycles. The van der Waals surface area contributed by atoms with E-state index in [2.05, 4.69) is 0 Å². The molecule has 0 aromatic heterocycles. The Hall–Kier alpha value is -0.845. The number of alkyl halides is 3. The SMILES string of the molecule is F[B-](F)(F)c1ccc(Cl)c(C(F)(F)F)c1. The maximum Gasteiger partial charge on any atom is 0.509 e. The van der Waals surface area contributed by atoms with Crippen molar-refractivity contribution >= 4 is 24.0 Å². The highest BCUT2D eigenvalue weighted by Gasteiger charge is 2.35. The maximum atomic E-state index is 12.2. The first-order valence-corrected chi connectivity index (χ1v) is 4.07. The van der Waals surface area contributed by atoms with Crippen molar-refractivity contribution in [1.29, 1.82) is 0 Å². The third-order valence-electron chi connectivity index (χ3n) is 1.67. The van der Waals surface area contributed by atoms with E-state index in [9.17, 15) is 26.1 Å². The minimum absolute atomic E-state index is 0.0162. The Balaban J connectivity index is 3.30. The Labute approximate surface area is 85.9 Å². The summed E-state index contributed by atoms with van der Waals surface area (Å²) in [6, 6.07) is 1.13. The molecule has 1 rings (SSSR count). The van der Waals surface area contributed by atoms with Gasteiger partial charge in [0, 0.05) is 0 Å². The van der Waals surface area contributed by atoms with Crippen LogP contribution in [0.2, 0.25) is 5.02 Å². The third-order valence-corrected chi connectivity index (χ3v) is 2.00. The van der Waals surface area contributed by atoms with Crippen molar-refractivity contribution in [2.45, 2.75) is 6.18 Å². The molecule has 0 atom stereocenters. The van der Waals surface area contributed by atoms with Crippen LogP contribution in [0.25, 0.3) is 0 Å². The van der Waals surface area contributed by atoms with Gasteiger partial charge in [0.25, 0.3) is 0 Å². The van der Waals surface area contributed by atoms with Crippen LogP contribution >= 0.6 is 11.6 Å². The van der Waals surface area contributed by atoms with Gasteiger partial charge in [-0.25, -0.2) is 0 Å². The lowest BCUT2D eigenvalue weighted by molar-refractivity contribution is -0.137. The van der Waals surface area contributed by atoms with Gasteiger partial charge in [-0.05, 0) is 6.07 Å². The molecule has 0 nitrogen and oxygen atoms in total. The number of rotatable bonds is 1. The van der Waals surface area contributed by atoms with Crippen LogP contribution < -0.4 is 5.46 Å². The third kappa shape index (κ3) is 2.81. The number of hydrogen-bond donors (Lipinski definition) is 0. The Morgan fingerprint density at radius 3 is 2.00 bits per heavy atom. The summed E-state index contributed by atoms with van der Waals surface area (Å²) in [6.45, 7) is -5.45. The van der Waals surface area contributed by atoms with Gasteiger partial charge in [-0.2, -0.15) is 13.2 Å². The number of halogens is 7. The van der Waals surface area contributed by atoms with Crippen LogP contribution in [-0.2, 0) is 6.18 Å². The van der Waals surface area contributed by atoms with E-state index in [0.717, 1.165) is 0 Å². The van der Waals surface area contributed by atoms with E-state index in [4.69, 9.17) is 11.6 Å². The number of hydrogen-bond acceptors (Lipinski definition) is 0. The second kappa shape index (κ2) is 3.62. The van der Waals surface area contributed by atoms with Gasteiger partial charge in [-0.1, -0.05) is 23.7 Å². The summed E-state index contributed by atoms with van der Waals surface area (Å²) in [4.78, 5) is 0. The van der Waals surface area contributed by atoms with Gasteiger partial charge >= 0.3 is 13.2 Å². The summed E-state index contributed by atoms with van der Waals surface area (Å²) in [5.41, 5.74) is -2.78. The highest BCUT2D eigenvalue weighted by molar-refractivity contribution is 6.73. The zero-order valence-corrected chi connectivity index (χ0v) is 7.71. The van der Waals surface area contributed by atoms with Gasteiger partial charge < -0.3 is 12.9 Å². The molecule has 0 bridgehead atoms. The van der Waals surface area contributed by atoms with Crippen molar-refractivity contribution in [3.05, 3.63) is 28.8 Å². The molecule has 0 N–H and O–H groups in total. The second-order valence-electron chi connectivity index (χ2n) is 2.81. The maximum absolute atomic E-state index is 12.2. The van der Waals surface area contributed by atoms with E-state index in [0.29, 0.717) is 12.1 Å². The summed E-state index contributed by atoms with van der Waals surface area (Å²) in [5, 5.41) is -0.744. The summed E-state index contributed by atoms with van der Waals surface area (Å²) >= 11 is 5.15. The van der Waals surface area contributed by atoms with Crippen molar-refractivity contribution < 1.29 is 26.1 Å². The quantitative estimate of drug-likeness (QED) is 0.527. The Kier molecular flexibility index (Phi) is 2.95. The first-order valence-electron chi connectivity index (χ1n) is 3.69. The van der Waals surface area contributed by atoms with Crippen LogP contribution in [0.3, 0.4) is 0 Å². The zero-order valence-electron chi connectivity index (χ0n) is 6.96. The average molecular weight is 247 g/mol. The van der Waals surface area contributed by atoms with Crippen LogP contribution in [0.15, 0.2) is 18.2 Å². The van der Waals surface area contributed by atoms with Crippen LogP contribution in [0, 0.1) is 0 Å². The largest absolute Gasteiger partial charge is 0.509 e. The van der Waals surface area contributed by atoms with E-state index in [1.807, 2.05) is 0 Å². The molecule has 0 saturated carbocycles. The summed E-state index contributed by atoms with van der Waals surface area (Å²) in [5.74, 6) is 0. The normalized spacial score (nSPS) is 13.0. The Bertz CT molecular complexity index is 369. The zero-order chi connectivity index (χ0) is 11.9. The second-order valence-corrected chi connectivity index (χ2v) is 3.22. The molecule has 84 valence electrons. The highest BCUT2D eigenvalue weighted by Crippen LogP contribution is 2.34. The van der Waals surface area contributed by atoms with Crippen LogP contribution in [0.1, 0.15) is 5.56 Å². The number of benzene rings is 1. The summed E-state index contributed by atoms with van der Waals surface area (Å²) in [6.07, 6.45) is -4.88. The van der Waals surface area contributed by atoms with E-state index in [1.54, 1.807) is 0 Å². The van der Waals surface area contributed by atoms with Crippen molar-refractivity contribution in [3.8, 4) is 0 Å². The minimum Gasteiger partial charge on any atom is -0.445 e. The molecular weight excluding hydrogens is 244 g/mol. The molecule has 0 aliphatic heterocycles. The molecule has 8 heteroatoms. The first-order chi connectivity index (χ1) is 6.62. The van der Waals surface area contributed by atoms with Crippen LogP contribution in [0.4, 0.5) is 26.1 Å². The standard InChI is InChI=1S/C7H3BClF6/c9-6-2-1-4(8(13,14)15)3-5(6)7(10,11)12/h1-3H/q-1. The molecule has 15 heavy (non-hydrogen) atoms. The van der Waals surface area contributed by atoms with Gasteiger partial charge in [-0.3, -0.25) is 0 Å². The minimum atomic E-state index is -5.45. The predicted octanol–water partition coefficient (Wildman–Crippen LogP) is 3.41. The van der Waals surface area contributed by atoms with Gasteiger partial charge in [0.1, 0.15) is 0 Å². The van der Waals surface area contributed by atoms with Crippen molar-refractivity contribution in [2.75, 3.05) is 0 Å². The molecule has 0 amide bonds. The smallest absolute Gasteiger partial charge is 0.445 e. The average Bonchev–Trinajstić information content (AvgIpc) is 2.00. The lowest BCUT2D eigenvalue weighted by Gasteiger charge is -2.17. The van der Waals surface area contributed by atoms with E-state index < -0.39 is 29.2 Å². The molecule has 0 aliphatic rings. The highest BCUT2D eigenvalue weighted by atomic mass is 35.5. The van der Waals surface area contributed by atoms with Gasteiger partial charge in [0.2, 0.25) is 0 Å². The molecule has 0 unspecified atom stereocenters. The fourth-order valence-corrected chi connectivity index (χ4v) is 1.19. The molecule has 0 saturated heterocycles. The fourth-order valence-electron chi connectivity index (χ4n) is 0.964. The Morgan fingerprint density at radius 2 is 1.60 bits per heavy atom. The molecule has 0 spiro atoms. The molecule has 0 aliphatic carbocycles. The summed E-state index contributed by atoms with van der Waals surface area (Å²) < 4.78 is 72.9. The first kappa shape index (κ1) is 12.2. The fraction of sp³-hybridized carbons (Fsp3) is 0.143. The van der Waals surface area contributed by atoms with Gasteiger partial charge in [-0.15, -0.1) is 5.46 Å². The topological polar surface area (TPSA) is 0 Å². The molecular formula is C7H3BClF6-. The van der Waals surface area contributed by atoms with Crippen molar-refractivity contribution in [3.63, 3.8) is 0 Å². The van der Waals surface area contributed by atoms with Gasteiger partial charge in [0.05, 0.1) is 10.6 Å². The predicted molar refractivity (Wildman–Crippen MR) is 45.2 cm³/mol. The Morgan fingerprint density at radius 1 is 1.07 bits per heavy atom. The summed E-state index contributed by atoms with van der Waals surface area (Å²) in [7, 11) is 0. The van der Waals surface area contributed by atoms with Crippen molar-refractivity contribution in [1.82, 2.24) is 0 Å². The molecule has 1 aromatic carbocycles. The lowest BCUT2D eigenvalue weighted by atomic mass is 9.79. The molecule has 1 aromatic rings. The van der Waals surface area contributed by atoms with Crippen LogP contribution in [-0.4, -0.2) is 6.98 Å². The van der Waals surface area contributed by atoms with Crippen molar-refractivity contribution in [2.24, 2.45) is 0 Å². The van der Waals surface area contributed by atoms with Crippen LogP contribution in [0.5, 0.6) is 0 Å². The molecule has 0 radical (unpaired) electrons.